The van der Waals surface area contributed by atoms with Gasteiger partial charge in [-0.1, -0.05) is 20.8 Å². The molecule has 7 heteroatoms. The van der Waals surface area contributed by atoms with Gasteiger partial charge in [0.05, 0.1) is 16.9 Å². The van der Waals surface area contributed by atoms with E-state index < -0.39 is 8.32 Å². The lowest BCUT2D eigenvalue weighted by Crippen LogP contribution is -2.44. The molecule has 2 aromatic rings. The van der Waals surface area contributed by atoms with Gasteiger partial charge in [0.2, 0.25) is 0 Å². The first-order valence-corrected chi connectivity index (χ1v) is 13.8. The molecular formula is C20H33BrN4OSi. The second kappa shape index (κ2) is 7.83. The lowest BCUT2D eigenvalue weighted by atomic mass is 9.93. The van der Waals surface area contributed by atoms with Crippen molar-refractivity contribution in [2.24, 2.45) is 0 Å². The van der Waals surface area contributed by atoms with E-state index in [9.17, 15) is 0 Å². The number of nitrogens with one attached hydrogen (secondary N) is 1. The number of hydrogen-bond acceptors (Lipinski definition) is 4. The Morgan fingerprint density at radius 3 is 2.52 bits per heavy atom. The number of anilines is 1. The summed E-state index contributed by atoms with van der Waals surface area (Å²) >= 11 is 3.61. The quantitative estimate of drug-likeness (QED) is 0.553. The molecule has 5 nitrogen and oxygen atoms in total. The van der Waals surface area contributed by atoms with E-state index in [4.69, 9.17) is 9.52 Å². The van der Waals surface area contributed by atoms with Gasteiger partial charge >= 0.3 is 0 Å². The minimum absolute atomic E-state index is 0.266. The van der Waals surface area contributed by atoms with Crippen molar-refractivity contribution in [3.63, 3.8) is 0 Å². The van der Waals surface area contributed by atoms with Crippen molar-refractivity contribution in [2.75, 3.05) is 11.9 Å². The highest BCUT2D eigenvalue weighted by atomic mass is 79.9. The number of halogens is 1. The van der Waals surface area contributed by atoms with Gasteiger partial charge in [-0.25, -0.2) is 4.98 Å². The fraction of sp³-hybridized carbons (Fsp3) is 0.700. The van der Waals surface area contributed by atoms with Gasteiger partial charge in [0.25, 0.3) is 0 Å². The van der Waals surface area contributed by atoms with Crippen molar-refractivity contribution in [3.8, 4) is 0 Å². The molecule has 0 amide bonds. The Hall–Kier alpha value is -0.923. The van der Waals surface area contributed by atoms with Crippen LogP contribution >= 0.6 is 15.9 Å². The highest BCUT2D eigenvalue weighted by molar-refractivity contribution is 9.10. The molecule has 0 bridgehead atoms. The summed E-state index contributed by atoms with van der Waals surface area (Å²) < 4.78 is 9.73. The summed E-state index contributed by atoms with van der Waals surface area (Å²) in [6, 6.07) is 2.55. The van der Waals surface area contributed by atoms with E-state index in [0.29, 0.717) is 12.1 Å². The molecule has 0 radical (unpaired) electrons. The summed E-state index contributed by atoms with van der Waals surface area (Å²) in [7, 11) is -1.70. The van der Waals surface area contributed by atoms with Crippen LogP contribution in [0.15, 0.2) is 16.9 Å². The largest absolute Gasteiger partial charge is 0.414 e. The third-order valence-electron chi connectivity index (χ3n) is 6.16. The molecule has 0 aliphatic heterocycles. The molecule has 1 saturated carbocycles. The first-order chi connectivity index (χ1) is 12.6. The second-order valence-electron chi connectivity index (χ2n) is 9.16. The maximum Gasteiger partial charge on any atom is 0.192 e. The summed E-state index contributed by atoms with van der Waals surface area (Å²) in [6.45, 7) is 14.6. The van der Waals surface area contributed by atoms with Crippen LogP contribution in [0.2, 0.25) is 18.1 Å². The Morgan fingerprint density at radius 2 is 1.93 bits per heavy atom. The van der Waals surface area contributed by atoms with Crippen molar-refractivity contribution in [1.29, 1.82) is 0 Å². The molecular weight excluding hydrogens is 420 g/mol. The van der Waals surface area contributed by atoms with Crippen LogP contribution in [0.3, 0.4) is 0 Å². The number of nitrogens with zero attached hydrogens (tertiary/aromatic N) is 3. The first-order valence-electron chi connectivity index (χ1n) is 10.1. The smallest absolute Gasteiger partial charge is 0.192 e. The fourth-order valence-electron chi connectivity index (χ4n) is 3.55. The second-order valence-corrected chi connectivity index (χ2v) is 14.7. The average molecular weight is 454 g/mol. The zero-order chi connectivity index (χ0) is 19.8. The number of rotatable bonds is 5. The van der Waals surface area contributed by atoms with Crippen molar-refractivity contribution in [1.82, 2.24) is 14.8 Å². The van der Waals surface area contributed by atoms with Crippen LogP contribution in [0.5, 0.6) is 0 Å². The van der Waals surface area contributed by atoms with Crippen molar-refractivity contribution < 1.29 is 4.43 Å². The van der Waals surface area contributed by atoms with Crippen LogP contribution in [0.1, 0.15) is 59.4 Å². The molecule has 3 rings (SSSR count). The van der Waals surface area contributed by atoms with Gasteiger partial charge in [0.15, 0.2) is 8.32 Å². The zero-order valence-corrected chi connectivity index (χ0v) is 20.1. The van der Waals surface area contributed by atoms with Gasteiger partial charge in [0, 0.05) is 24.9 Å². The minimum atomic E-state index is -1.70. The van der Waals surface area contributed by atoms with E-state index in [-0.39, 0.29) is 5.04 Å². The average Bonchev–Trinajstić information content (AvgIpc) is 2.91. The number of fused-ring (bicyclic) bond motifs is 1. The summed E-state index contributed by atoms with van der Waals surface area (Å²) in [5.74, 6) is 0.911. The first kappa shape index (κ1) is 20.8. The van der Waals surface area contributed by atoms with E-state index in [2.05, 4.69) is 77.8 Å². The maximum absolute atomic E-state index is 6.65. The summed E-state index contributed by atoms with van der Waals surface area (Å²) in [5.41, 5.74) is 1.15. The standard InChI is InChI=1S/C20H33BrN4OSi/c1-7-22-18-12-17-16(13-23-18)19(21)24-25(17)14-8-10-15(11-9-14)26-27(5,6)20(2,3)4/h12-15H,7-11H2,1-6H3,(H,22,23). The van der Waals surface area contributed by atoms with Crippen LogP contribution in [0, 0.1) is 0 Å². The molecule has 0 saturated heterocycles. The minimum Gasteiger partial charge on any atom is -0.414 e. The Kier molecular flexibility index (Phi) is 6.04. The third kappa shape index (κ3) is 4.40. The lowest BCUT2D eigenvalue weighted by Gasteiger charge is -2.41. The summed E-state index contributed by atoms with van der Waals surface area (Å²) in [6.07, 6.45) is 6.75. The van der Waals surface area contributed by atoms with E-state index in [1.165, 1.54) is 0 Å². The number of hydrogen-bond donors (Lipinski definition) is 1. The molecule has 2 heterocycles. The van der Waals surface area contributed by atoms with Crippen LogP contribution < -0.4 is 5.32 Å². The summed E-state index contributed by atoms with van der Waals surface area (Å²) in [5, 5.41) is 9.44. The molecule has 27 heavy (non-hydrogen) atoms. The zero-order valence-electron chi connectivity index (χ0n) is 17.5. The fourth-order valence-corrected chi connectivity index (χ4v) is 5.45. The lowest BCUT2D eigenvalue weighted by molar-refractivity contribution is 0.116. The third-order valence-corrected chi connectivity index (χ3v) is 11.3. The molecule has 0 aromatic carbocycles. The highest BCUT2D eigenvalue weighted by Crippen LogP contribution is 2.41. The van der Waals surface area contributed by atoms with Crippen LogP contribution in [0.4, 0.5) is 5.82 Å². The van der Waals surface area contributed by atoms with E-state index in [0.717, 1.165) is 53.6 Å². The molecule has 0 atom stereocenters. The van der Waals surface area contributed by atoms with Crippen LogP contribution in [-0.4, -0.2) is 35.7 Å². The Bertz CT molecular complexity index is 791. The Morgan fingerprint density at radius 1 is 1.26 bits per heavy atom. The molecule has 1 aliphatic rings. The van der Waals surface area contributed by atoms with Gasteiger partial charge in [-0.2, -0.15) is 5.10 Å². The van der Waals surface area contributed by atoms with Crippen LogP contribution in [-0.2, 0) is 4.43 Å². The van der Waals surface area contributed by atoms with Gasteiger partial charge in [-0.15, -0.1) is 0 Å². The predicted molar refractivity (Wildman–Crippen MR) is 119 cm³/mol. The topological polar surface area (TPSA) is 52.0 Å². The highest BCUT2D eigenvalue weighted by Gasteiger charge is 2.40. The Labute approximate surface area is 172 Å². The SMILES string of the molecule is CCNc1cc2c(cn1)c(Br)nn2C1CCC(O[Si](C)(C)C(C)(C)C)CC1. The van der Waals surface area contributed by atoms with Crippen molar-refractivity contribution in [2.45, 2.75) is 83.7 Å². The molecule has 1 N–H and O–H groups in total. The number of aromatic nitrogens is 3. The molecule has 1 aliphatic carbocycles. The predicted octanol–water partition coefficient (Wildman–Crippen LogP) is 6.13. The van der Waals surface area contributed by atoms with Crippen molar-refractivity contribution in [3.05, 3.63) is 16.9 Å². The monoisotopic (exact) mass is 452 g/mol. The summed E-state index contributed by atoms with van der Waals surface area (Å²) in [4.78, 5) is 4.48. The number of pyridine rings is 1. The van der Waals surface area contributed by atoms with Gasteiger partial charge in [0.1, 0.15) is 10.4 Å². The molecule has 1 fully saturated rings. The van der Waals surface area contributed by atoms with Crippen LogP contribution in [0.25, 0.3) is 10.9 Å². The van der Waals surface area contributed by atoms with Gasteiger partial charge in [-0.3, -0.25) is 4.68 Å². The maximum atomic E-state index is 6.65. The molecule has 0 spiro atoms. The molecule has 0 unspecified atom stereocenters. The van der Waals surface area contributed by atoms with E-state index in [1.807, 2.05) is 6.20 Å². The van der Waals surface area contributed by atoms with E-state index >= 15 is 0 Å². The van der Waals surface area contributed by atoms with Gasteiger partial charge in [-0.05, 0) is 66.7 Å². The molecule has 150 valence electrons. The Balaban J connectivity index is 1.73. The molecule has 2 aromatic heterocycles. The normalized spacial score (nSPS) is 21.6. The van der Waals surface area contributed by atoms with Crippen molar-refractivity contribution >= 4 is 41.0 Å². The van der Waals surface area contributed by atoms with E-state index in [1.54, 1.807) is 0 Å². The van der Waals surface area contributed by atoms with Gasteiger partial charge < -0.3 is 9.74 Å².